The molecular formula is C9H20O2S2. The number of ether oxygens (including phenoxy) is 2. The lowest BCUT2D eigenvalue weighted by Crippen LogP contribution is -2.14. The van der Waals surface area contributed by atoms with Crippen molar-refractivity contribution in [2.24, 2.45) is 0 Å². The van der Waals surface area contributed by atoms with Crippen LogP contribution in [0.15, 0.2) is 0 Å². The summed E-state index contributed by atoms with van der Waals surface area (Å²) in [6.45, 7) is 5.03. The Balaban J connectivity index is 3.36. The first-order valence-corrected chi connectivity index (χ1v) is 6.19. The molecule has 1 unspecified atom stereocenters. The van der Waals surface area contributed by atoms with Crippen molar-refractivity contribution in [1.82, 2.24) is 0 Å². The number of rotatable bonds is 8. The Labute approximate surface area is 91.2 Å². The summed E-state index contributed by atoms with van der Waals surface area (Å²) in [5.74, 6) is 0.929. The van der Waals surface area contributed by atoms with Gasteiger partial charge in [-0.15, -0.1) is 0 Å². The molecule has 4 heteroatoms. The van der Waals surface area contributed by atoms with Crippen LogP contribution in [0.5, 0.6) is 0 Å². The van der Waals surface area contributed by atoms with E-state index >= 15 is 0 Å². The van der Waals surface area contributed by atoms with Crippen LogP contribution in [0.2, 0.25) is 0 Å². The smallest absolute Gasteiger partial charge is 0.206 e. The summed E-state index contributed by atoms with van der Waals surface area (Å²) in [6.07, 6.45) is 2.16. The van der Waals surface area contributed by atoms with Crippen molar-refractivity contribution in [1.29, 1.82) is 0 Å². The minimum Gasteiger partial charge on any atom is -0.347 e. The maximum absolute atomic E-state index is 5.51. The molecule has 0 saturated carbocycles. The molecule has 0 bridgehead atoms. The average Bonchev–Trinajstić information content (AvgIpc) is 2.09. The molecule has 0 aliphatic carbocycles. The van der Waals surface area contributed by atoms with Gasteiger partial charge in [0.2, 0.25) is 5.62 Å². The Morgan fingerprint density at radius 2 is 2.00 bits per heavy atom. The molecular weight excluding hydrogens is 204 g/mol. The van der Waals surface area contributed by atoms with E-state index in [0.29, 0.717) is 5.25 Å². The lowest BCUT2D eigenvalue weighted by Gasteiger charge is -2.17. The highest BCUT2D eigenvalue weighted by atomic mass is 32.2. The Hall–Kier alpha value is 0.620. The van der Waals surface area contributed by atoms with Crippen molar-refractivity contribution in [3.05, 3.63) is 0 Å². The summed E-state index contributed by atoms with van der Waals surface area (Å²) in [5, 5.41) is 0.537. The van der Waals surface area contributed by atoms with E-state index in [1.165, 1.54) is 0 Å². The Morgan fingerprint density at radius 1 is 1.31 bits per heavy atom. The molecule has 0 aliphatic heterocycles. The summed E-state index contributed by atoms with van der Waals surface area (Å²) >= 11 is 5.83. The quantitative estimate of drug-likeness (QED) is 0.388. The maximum atomic E-state index is 5.51. The van der Waals surface area contributed by atoms with Crippen LogP contribution in [0.25, 0.3) is 0 Å². The molecule has 13 heavy (non-hydrogen) atoms. The van der Waals surface area contributed by atoms with Gasteiger partial charge >= 0.3 is 0 Å². The zero-order chi connectivity index (χ0) is 10.1. The van der Waals surface area contributed by atoms with Crippen LogP contribution in [0, 0.1) is 0 Å². The van der Waals surface area contributed by atoms with Crippen molar-refractivity contribution < 1.29 is 9.47 Å². The second kappa shape index (κ2) is 9.19. The molecule has 0 fully saturated rings. The van der Waals surface area contributed by atoms with E-state index < -0.39 is 0 Å². The molecule has 0 heterocycles. The van der Waals surface area contributed by atoms with Gasteiger partial charge in [0.25, 0.3) is 0 Å². The van der Waals surface area contributed by atoms with Crippen molar-refractivity contribution in [2.45, 2.75) is 37.6 Å². The lowest BCUT2D eigenvalue weighted by atomic mass is 10.4. The second-order valence-electron chi connectivity index (χ2n) is 3.01. The number of thioether (sulfide) groups is 1. The summed E-state index contributed by atoms with van der Waals surface area (Å²) in [4.78, 5) is 0. The Kier molecular flexibility index (Phi) is 9.62. The molecule has 1 atom stereocenters. The van der Waals surface area contributed by atoms with Crippen LogP contribution < -0.4 is 0 Å². The van der Waals surface area contributed by atoms with E-state index in [-0.39, 0.29) is 5.62 Å². The summed E-state index contributed by atoms with van der Waals surface area (Å²) in [7, 11) is 1.68. The van der Waals surface area contributed by atoms with Gasteiger partial charge in [-0.1, -0.05) is 25.6 Å². The number of hydrogen-bond donors (Lipinski definition) is 1. The van der Waals surface area contributed by atoms with Gasteiger partial charge in [-0.3, -0.25) is 0 Å². The fourth-order valence-electron chi connectivity index (χ4n) is 0.779. The SMILES string of the molecule is COC(OCCCCS)SC(C)C. The molecule has 0 saturated heterocycles. The van der Waals surface area contributed by atoms with Gasteiger partial charge in [-0.25, -0.2) is 0 Å². The average molecular weight is 224 g/mol. The number of methoxy groups -OCH3 is 1. The largest absolute Gasteiger partial charge is 0.347 e. The molecule has 0 aromatic heterocycles. The number of hydrogen-bond acceptors (Lipinski definition) is 4. The third-order valence-corrected chi connectivity index (χ3v) is 2.79. The molecule has 0 amide bonds. The van der Waals surface area contributed by atoms with E-state index in [1.54, 1.807) is 18.9 Å². The van der Waals surface area contributed by atoms with E-state index in [1.807, 2.05) is 0 Å². The summed E-state index contributed by atoms with van der Waals surface area (Å²) < 4.78 is 10.7. The highest BCUT2D eigenvalue weighted by molar-refractivity contribution is 8.00. The molecule has 0 radical (unpaired) electrons. The Bertz CT molecular complexity index is 110. The summed E-state index contributed by atoms with van der Waals surface area (Å²) in [6, 6.07) is 0. The zero-order valence-electron chi connectivity index (χ0n) is 8.66. The highest BCUT2D eigenvalue weighted by Crippen LogP contribution is 2.18. The van der Waals surface area contributed by atoms with Crippen LogP contribution in [0.1, 0.15) is 26.7 Å². The van der Waals surface area contributed by atoms with Gasteiger partial charge in [0.05, 0.1) is 6.61 Å². The van der Waals surface area contributed by atoms with Crippen molar-refractivity contribution in [2.75, 3.05) is 19.5 Å². The fraction of sp³-hybridized carbons (Fsp3) is 1.00. The molecule has 0 N–H and O–H groups in total. The van der Waals surface area contributed by atoms with Gasteiger partial charge in [-0.2, -0.15) is 12.6 Å². The van der Waals surface area contributed by atoms with Gasteiger partial charge in [0, 0.05) is 12.4 Å². The van der Waals surface area contributed by atoms with Gasteiger partial charge in [0.1, 0.15) is 0 Å². The standard InChI is InChI=1S/C9H20O2S2/c1-8(2)13-9(10-3)11-6-4-5-7-12/h8-9,12H,4-7H2,1-3H3. The molecule has 0 spiro atoms. The lowest BCUT2D eigenvalue weighted by molar-refractivity contribution is -0.0610. The molecule has 2 nitrogen and oxygen atoms in total. The van der Waals surface area contributed by atoms with E-state index in [4.69, 9.17) is 9.47 Å². The monoisotopic (exact) mass is 224 g/mol. The normalized spacial score (nSPS) is 13.6. The van der Waals surface area contributed by atoms with Crippen LogP contribution in [0.4, 0.5) is 0 Å². The van der Waals surface area contributed by atoms with Crippen LogP contribution in [0.3, 0.4) is 0 Å². The van der Waals surface area contributed by atoms with Crippen LogP contribution in [-0.2, 0) is 9.47 Å². The fourth-order valence-corrected chi connectivity index (χ4v) is 1.73. The first-order chi connectivity index (χ1) is 6.20. The minimum absolute atomic E-state index is 0.111. The summed E-state index contributed by atoms with van der Waals surface area (Å²) in [5.41, 5.74) is -0.111. The first kappa shape index (κ1) is 13.6. The predicted octanol–water partition coefficient (Wildman–Crippen LogP) is 2.78. The third-order valence-electron chi connectivity index (χ3n) is 1.38. The van der Waals surface area contributed by atoms with Crippen LogP contribution >= 0.6 is 24.4 Å². The van der Waals surface area contributed by atoms with Crippen molar-refractivity contribution in [3.63, 3.8) is 0 Å². The number of thiol groups is 1. The predicted molar refractivity (Wildman–Crippen MR) is 62.6 cm³/mol. The van der Waals surface area contributed by atoms with Crippen molar-refractivity contribution >= 4 is 24.4 Å². The van der Waals surface area contributed by atoms with Crippen molar-refractivity contribution in [3.8, 4) is 0 Å². The van der Waals surface area contributed by atoms with E-state index in [9.17, 15) is 0 Å². The maximum Gasteiger partial charge on any atom is 0.206 e. The topological polar surface area (TPSA) is 18.5 Å². The van der Waals surface area contributed by atoms with Gasteiger partial charge in [-0.05, 0) is 18.6 Å². The van der Waals surface area contributed by atoms with Gasteiger partial charge < -0.3 is 9.47 Å². The molecule has 0 aromatic rings. The zero-order valence-corrected chi connectivity index (χ0v) is 10.4. The van der Waals surface area contributed by atoms with E-state index in [0.717, 1.165) is 25.2 Å². The second-order valence-corrected chi connectivity index (χ2v) is 5.06. The third kappa shape index (κ3) is 8.94. The molecule has 0 aliphatic rings. The number of unbranched alkanes of at least 4 members (excludes halogenated alkanes) is 1. The molecule has 0 aromatic carbocycles. The molecule has 80 valence electrons. The first-order valence-electron chi connectivity index (χ1n) is 4.61. The van der Waals surface area contributed by atoms with E-state index in [2.05, 4.69) is 26.5 Å². The van der Waals surface area contributed by atoms with Crippen LogP contribution in [-0.4, -0.2) is 30.3 Å². The minimum atomic E-state index is -0.111. The van der Waals surface area contributed by atoms with Gasteiger partial charge in [0.15, 0.2) is 0 Å². The highest BCUT2D eigenvalue weighted by Gasteiger charge is 2.09. The molecule has 0 rings (SSSR count). The Morgan fingerprint density at radius 3 is 2.46 bits per heavy atom.